The van der Waals surface area contributed by atoms with Gasteiger partial charge in [-0.15, -0.1) is 0 Å². The predicted octanol–water partition coefficient (Wildman–Crippen LogP) is 2.73. The number of pyridine rings is 1. The number of nitrogens with one attached hydrogen (secondary N) is 2. The van der Waals surface area contributed by atoms with E-state index in [0.29, 0.717) is 5.82 Å². The van der Waals surface area contributed by atoms with Crippen LogP contribution < -0.4 is 16.6 Å². The largest absolute Gasteiger partial charge is 0.355 e. The summed E-state index contributed by atoms with van der Waals surface area (Å²) in [7, 11) is 0. The predicted molar refractivity (Wildman–Crippen MR) is 71.2 cm³/mol. The minimum Gasteiger partial charge on any atom is -0.355 e. The Morgan fingerprint density at radius 3 is 2.71 bits per heavy atom. The molecule has 0 aliphatic rings. The highest BCUT2D eigenvalue weighted by Crippen LogP contribution is 2.22. The number of hydrogen-bond acceptors (Lipinski definition) is 4. The van der Waals surface area contributed by atoms with Crippen molar-refractivity contribution >= 4 is 17.2 Å². The fourth-order valence-corrected chi connectivity index (χ4v) is 1.61. The fourth-order valence-electron chi connectivity index (χ4n) is 1.61. The molecule has 0 bridgehead atoms. The van der Waals surface area contributed by atoms with E-state index in [4.69, 9.17) is 5.84 Å². The molecule has 0 aliphatic carbocycles. The topological polar surface area (TPSA) is 63.0 Å². The number of nitrogen functional groups attached to an aromatic ring is 1. The number of nitrogens with zero attached hydrogens (tertiary/aromatic N) is 1. The molecule has 4 nitrogen and oxygen atoms in total. The van der Waals surface area contributed by atoms with E-state index in [1.807, 2.05) is 12.1 Å². The molecule has 4 N–H and O–H groups in total. The molecule has 1 aromatic carbocycles. The first-order valence-electron chi connectivity index (χ1n) is 5.46. The van der Waals surface area contributed by atoms with Crippen LogP contribution in [0.5, 0.6) is 0 Å². The number of anilines is 3. The number of hydrazine groups is 1. The van der Waals surface area contributed by atoms with Gasteiger partial charge in [0.2, 0.25) is 0 Å². The summed E-state index contributed by atoms with van der Waals surface area (Å²) in [6, 6.07) is 10.1. The zero-order chi connectivity index (χ0) is 12.3. The standard InChI is InChI=1S/C13H16N4/c1-9-3-4-10(2)12(7-9)16-11-5-6-15-13(8-11)17-14/h3-8H,14H2,1-2H3,(H2,15,16,17). The highest BCUT2D eigenvalue weighted by atomic mass is 15.2. The second-order valence-corrected chi connectivity index (χ2v) is 4.02. The van der Waals surface area contributed by atoms with E-state index in [1.54, 1.807) is 6.20 Å². The molecule has 1 heterocycles. The maximum atomic E-state index is 5.33. The summed E-state index contributed by atoms with van der Waals surface area (Å²) < 4.78 is 0. The number of benzene rings is 1. The maximum Gasteiger partial charge on any atom is 0.141 e. The third kappa shape index (κ3) is 2.73. The maximum absolute atomic E-state index is 5.33. The number of hydrogen-bond donors (Lipinski definition) is 3. The van der Waals surface area contributed by atoms with Crippen molar-refractivity contribution in [2.75, 3.05) is 10.7 Å². The van der Waals surface area contributed by atoms with E-state index < -0.39 is 0 Å². The molecule has 2 aromatic rings. The number of nitrogens with two attached hydrogens (primary N) is 1. The van der Waals surface area contributed by atoms with E-state index in [0.717, 1.165) is 11.4 Å². The third-order valence-corrected chi connectivity index (χ3v) is 2.58. The monoisotopic (exact) mass is 228 g/mol. The van der Waals surface area contributed by atoms with Crippen molar-refractivity contribution in [3.8, 4) is 0 Å². The van der Waals surface area contributed by atoms with Gasteiger partial charge in [0.25, 0.3) is 0 Å². The summed E-state index contributed by atoms with van der Waals surface area (Å²) in [6.45, 7) is 4.15. The van der Waals surface area contributed by atoms with E-state index in [9.17, 15) is 0 Å². The fraction of sp³-hybridized carbons (Fsp3) is 0.154. The van der Waals surface area contributed by atoms with Crippen molar-refractivity contribution in [2.24, 2.45) is 5.84 Å². The van der Waals surface area contributed by atoms with Gasteiger partial charge in [-0.25, -0.2) is 10.8 Å². The Kier molecular flexibility index (Phi) is 3.25. The molecule has 0 unspecified atom stereocenters. The summed E-state index contributed by atoms with van der Waals surface area (Å²) >= 11 is 0. The lowest BCUT2D eigenvalue weighted by atomic mass is 10.1. The molecule has 1 aromatic heterocycles. The molecule has 0 spiro atoms. The molecule has 88 valence electrons. The van der Waals surface area contributed by atoms with Crippen LogP contribution in [0.25, 0.3) is 0 Å². The highest BCUT2D eigenvalue weighted by molar-refractivity contribution is 5.65. The number of aromatic nitrogens is 1. The van der Waals surface area contributed by atoms with Gasteiger partial charge in [-0.1, -0.05) is 12.1 Å². The van der Waals surface area contributed by atoms with Gasteiger partial charge in [-0.2, -0.15) is 0 Å². The van der Waals surface area contributed by atoms with Crippen LogP contribution in [0.3, 0.4) is 0 Å². The average molecular weight is 228 g/mol. The van der Waals surface area contributed by atoms with Crippen LogP contribution in [-0.4, -0.2) is 4.98 Å². The van der Waals surface area contributed by atoms with Crippen LogP contribution >= 0.6 is 0 Å². The van der Waals surface area contributed by atoms with Crippen molar-refractivity contribution in [2.45, 2.75) is 13.8 Å². The molecule has 0 saturated carbocycles. The van der Waals surface area contributed by atoms with Crippen molar-refractivity contribution in [3.63, 3.8) is 0 Å². The van der Waals surface area contributed by atoms with Crippen LogP contribution in [0.4, 0.5) is 17.2 Å². The molecule has 2 rings (SSSR count). The van der Waals surface area contributed by atoms with E-state index in [-0.39, 0.29) is 0 Å². The van der Waals surface area contributed by atoms with E-state index >= 15 is 0 Å². The second kappa shape index (κ2) is 4.84. The van der Waals surface area contributed by atoms with Gasteiger partial charge >= 0.3 is 0 Å². The zero-order valence-electron chi connectivity index (χ0n) is 9.99. The Balaban J connectivity index is 2.27. The zero-order valence-corrected chi connectivity index (χ0v) is 9.99. The summed E-state index contributed by atoms with van der Waals surface area (Å²) in [5.41, 5.74) is 7.01. The molecule has 0 aliphatic heterocycles. The molecule has 0 radical (unpaired) electrons. The Morgan fingerprint density at radius 2 is 1.94 bits per heavy atom. The second-order valence-electron chi connectivity index (χ2n) is 4.02. The van der Waals surface area contributed by atoms with Gasteiger partial charge in [-0.3, -0.25) is 0 Å². The molecule has 0 atom stereocenters. The average Bonchev–Trinajstić information content (AvgIpc) is 2.34. The quantitative estimate of drug-likeness (QED) is 0.558. The molecule has 17 heavy (non-hydrogen) atoms. The SMILES string of the molecule is Cc1ccc(C)c(Nc2ccnc(NN)c2)c1. The summed E-state index contributed by atoms with van der Waals surface area (Å²) in [5, 5.41) is 3.35. The van der Waals surface area contributed by atoms with Gasteiger partial charge in [0, 0.05) is 23.6 Å². The van der Waals surface area contributed by atoms with Crippen molar-refractivity contribution in [3.05, 3.63) is 47.7 Å². The van der Waals surface area contributed by atoms with E-state index in [2.05, 4.69) is 47.8 Å². The van der Waals surface area contributed by atoms with Crippen LogP contribution in [0.1, 0.15) is 11.1 Å². The summed E-state index contributed by atoms with van der Waals surface area (Å²) in [6.07, 6.45) is 1.71. The normalized spacial score (nSPS) is 10.1. The van der Waals surface area contributed by atoms with Gasteiger partial charge in [0.05, 0.1) is 0 Å². The first kappa shape index (κ1) is 11.4. The van der Waals surface area contributed by atoms with Gasteiger partial charge in [0.1, 0.15) is 5.82 Å². The molecular formula is C13H16N4. The highest BCUT2D eigenvalue weighted by Gasteiger charge is 2.00. The van der Waals surface area contributed by atoms with Gasteiger partial charge < -0.3 is 10.7 Å². The van der Waals surface area contributed by atoms with Crippen molar-refractivity contribution in [1.82, 2.24) is 4.98 Å². The van der Waals surface area contributed by atoms with Gasteiger partial charge in [-0.05, 0) is 37.1 Å². The number of rotatable bonds is 3. The van der Waals surface area contributed by atoms with Crippen LogP contribution in [-0.2, 0) is 0 Å². The van der Waals surface area contributed by atoms with E-state index in [1.165, 1.54) is 11.1 Å². The summed E-state index contributed by atoms with van der Waals surface area (Å²) in [5.74, 6) is 5.97. The lowest BCUT2D eigenvalue weighted by Gasteiger charge is -2.11. The molecular weight excluding hydrogens is 212 g/mol. The Hall–Kier alpha value is -2.07. The first-order valence-corrected chi connectivity index (χ1v) is 5.46. The molecule has 0 amide bonds. The van der Waals surface area contributed by atoms with Crippen LogP contribution in [0, 0.1) is 13.8 Å². The van der Waals surface area contributed by atoms with Crippen LogP contribution in [0.2, 0.25) is 0 Å². The molecule has 0 saturated heterocycles. The molecule has 4 heteroatoms. The number of aryl methyl sites for hydroxylation is 2. The Labute approximate surface area is 101 Å². The molecule has 0 fully saturated rings. The third-order valence-electron chi connectivity index (χ3n) is 2.58. The Bertz CT molecular complexity index is 523. The smallest absolute Gasteiger partial charge is 0.141 e. The lowest BCUT2D eigenvalue weighted by molar-refractivity contribution is 1.23. The lowest BCUT2D eigenvalue weighted by Crippen LogP contribution is -2.08. The minimum absolute atomic E-state index is 0.639. The van der Waals surface area contributed by atoms with Crippen molar-refractivity contribution in [1.29, 1.82) is 0 Å². The Morgan fingerprint density at radius 1 is 1.12 bits per heavy atom. The van der Waals surface area contributed by atoms with Gasteiger partial charge in [0.15, 0.2) is 0 Å². The first-order chi connectivity index (χ1) is 8.19. The minimum atomic E-state index is 0.639. The summed E-state index contributed by atoms with van der Waals surface area (Å²) in [4.78, 5) is 4.06. The van der Waals surface area contributed by atoms with Crippen LogP contribution in [0.15, 0.2) is 36.5 Å². The van der Waals surface area contributed by atoms with Crippen molar-refractivity contribution < 1.29 is 0 Å².